The van der Waals surface area contributed by atoms with Crippen LogP contribution in [0.1, 0.15) is 23.6 Å². The highest BCUT2D eigenvalue weighted by atomic mass is 16.5. The van der Waals surface area contributed by atoms with Gasteiger partial charge < -0.3 is 15.4 Å². The highest BCUT2D eigenvalue weighted by Crippen LogP contribution is 2.14. The molecule has 0 aliphatic carbocycles. The van der Waals surface area contributed by atoms with Crippen LogP contribution >= 0.6 is 0 Å². The van der Waals surface area contributed by atoms with E-state index in [2.05, 4.69) is 27.7 Å². The maximum Gasteiger partial charge on any atom is 0.224 e. The van der Waals surface area contributed by atoms with Crippen molar-refractivity contribution in [3.05, 3.63) is 65.2 Å². The van der Waals surface area contributed by atoms with Gasteiger partial charge in [0.1, 0.15) is 0 Å². The second-order valence-corrected chi connectivity index (χ2v) is 6.99. The minimum atomic E-state index is -0.110. The Bertz CT molecular complexity index is 799. The summed E-state index contributed by atoms with van der Waals surface area (Å²) in [6.07, 6.45) is 0.311. The SMILES string of the molecule is CC(=O)Nc1ccc(CC(=O)NCc2ccccc2CN2CCOCC2)cc1. The number of morpholine rings is 1. The van der Waals surface area contributed by atoms with Gasteiger partial charge in [-0.05, 0) is 28.8 Å². The van der Waals surface area contributed by atoms with Gasteiger partial charge in [0.2, 0.25) is 11.8 Å². The summed E-state index contributed by atoms with van der Waals surface area (Å²) in [7, 11) is 0. The van der Waals surface area contributed by atoms with Gasteiger partial charge in [0.05, 0.1) is 19.6 Å². The first-order valence-corrected chi connectivity index (χ1v) is 9.60. The Morgan fingerprint density at radius 2 is 1.68 bits per heavy atom. The maximum atomic E-state index is 12.3. The molecule has 0 unspecified atom stereocenters. The van der Waals surface area contributed by atoms with Crippen LogP contribution in [0.15, 0.2) is 48.5 Å². The van der Waals surface area contributed by atoms with Crippen LogP contribution in [-0.2, 0) is 33.8 Å². The fraction of sp³-hybridized carbons (Fsp3) is 0.364. The van der Waals surface area contributed by atoms with Crippen LogP contribution in [-0.4, -0.2) is 43.0 Å². The molecule has 1 fully saturated rings. The van der Waals surface area contributed by atoms with Crippen molar-refractivity contribution in [2.75, 3.05) is 31.6 Å². The fourth-order valence-corrected chi connectivity index (χ4v) is 3.24. The van der Waals surface area contributed by atoms with Gasteiger partial charge in [0.25, 0.3) is 0 Å². The molecule has 0 bridgehead atoms. The molecule has 2 amide bonds. The standard InChI is InChI=1S/C22H27N3O3/c1-17(26)24-21-8-6-18(7-9-21)14-22(27)23-15-19-4-2-3-5-20(19)16-25-10-12-28-13-11-25/h2-9H,10-16H2,1H3,(H,23,27)(H,24,26). The molecule has 0 radical (unpaired) electrons. The highest BCUT2D eigenvalue weighted by Gasteiger charge is 2.13. The van der Waals surface area contributed by atoms with Gasteiger partial charge in [-0.25, -0.2) is 0 Å². The number of hydrogen-bond acceptors (Lipinski definition) is 4. The second-order valence-electron chi connectivity index (χ2n) is 6.99. The van der Waals surface area contributed by atoms with Gasteiger partial charge in [-0.1, -0.05) is 36.4 Å². The molecule has 2 aromatic carbocycles. The first-order chi connectivity index (χ1) is 13.6. The van der Waals surface area contributed by atoms with E-state index in [-0.39, 0.29) is 11.8 Å². The quantitative estimate of drug-likeness (QED) is 0.772. The molecule has 2 aromatic rings. The molecule has 6 heteroatoms. The summed E-state index contributed by atoms with van der Waals surface area (Å²) in [5, 5.41) is 5.74. The van der Waals surface area contributed by atoms with E-state index in [0.717, 1.165) is 49.7 Å². The number of carbonyl (C=O) groups excluding carboxylic acids is 2. The Morgan fingerprint density at radius 1 is 1.00 bits per heavy atom. The third-order valence-corrected chi connectivity index (χ3v) is 4.73. The Hall–Kier alpha value is -2.70. The summed E-state index contributed by atoms with van der Waals surface area (Å²) in [4.78, 5) is 25.8. The molecule has 0 aromatic heterocycles. The zero-order valence-corrected chi connectivity index (χ0v) is 16.2. The summed E-state index contributed by atoms with van der Waals surface area (Å²) >= 11 is 0. The average molecular weight is 381 g/mol. The van der Waals surface area contributed by atoms with E-state index in [4.69, 9.17) is 4.74 Å². The topological polar surface area (TPSA) is 70.7 Å². The molecule has 3 rings (SSSR count). The molecule has 1 heterocycles. The van der Waals surface area contributed by atoms with Crippen molar-refractivity contribution in [3.63, 3.8) is 0 Å². The number of carbonyl (C=O) groups is 2. The third-order valence-electron chi connectivity index (χ3n) is 4.73. The van der Waals surface area contributed by atoms with Crippen LogP contribution < -0.4 is 10.6 Å². The normalized spacial score (nSPS) is 14.5. The summed E-state index contributed by atoms with van der Waals surface area (Å²) in [6.45, 7) is 6.30. The van der Waals surface area contributed by atoms with E-state index >= 15 is 0 Å². The van der Waals surface area contributed by atoms with Crippen LogP contribution in [0.3, 0.4) is 0 Å². The van der Waals surface area contributed by atoms with E-state index in [1.807, 2.05) is 36.4 Å². The van der Waals surface area contributed by atoms with Crippen LogP contribution in [0.5, 0.6) is 0 Å². The second kappa shape index (κ2) is 10.0. The fourth-order valence-electron chi connectivity index (χ4n) is 3.24. The van der Waals surface area contributed by atoms with Crippen molar-refractivity contribution in [1.29, 1.82) is 0 Å². The number of rotatable bonds is 7. The largest absolute Gasteiger partial charge is 0.379 e. The molecule has 1 saturated heterocycles. The zero-order chi connectivity index (χ0) is 19.8. The van der Waals surface area contributed by atoms with Gasteiger partial charge in [0, 0.05) is 38.8 Å². The van der Waals surface area contributed by atoms with E-state index in [0.29, 0.717) is 13.0 Å². The number of nitrogens with one attached hydrogen (secondary N) is 2. The number of amides is 2. The van der Waals surface area contributed by atoms with Crippen molar-refractivity contribution in [3.8, 4) is 0 Å². The van der Waals surface area contributed by atoms with Crippen molar-refractivity contribution < 1.29 is 14.3 Å². The predicted molar refractivity (Wildman–Crippen MR) is 109 cm³/mol. The van der Waals surface area contributed by atoms with E-state index < -0.39 is 0 Å². The molecule has 0 spiro atoms. The van der Waals surface area contributed by atoms with E-state index in [1.54, 1.807) is 0 Å². The van der Waals surface area contributed by atoms with Gasteiger partial charge in [-0.3, -0.25) is 14.5 Å². The number of anilines is 1. The summed E-state index contributed by atoms with van der Waals surface area (Å²) in [5.74, 6) is -0.130. The molecule has 0 saturated carbocycles. The maximum absolute atomic E-state index is 12.3. The van der Waals surface area contributed by atoms with E-state index in [1.165, 1.54) is 12.5 Å². The van der Waals surface area contributed by atoms with Crippen LogP contribution in [0.2, 0.25) is 0 Å². The highest BCUT2D eigenvalue weighted by molar-refractivity contribution is 5.88. The lowest BCUT2D eigenvalue weighted by atomic mass is 10.1. The number of nitrogens with zero attached hydrogens (tertiary/aromatic N) is 1. The van der Waals surface area contributed by atoms with Crippen LogP contribution in [0.25, 0.3) is 0 Å². The molecule has 28 heavy (non-hydrogen) atoms. The summed E-state index contributed by atoms with van der Waals surface area (Å²) in [5.41, 5.74) is 4.02. The summed E-state index contributed by atoms with van der Waals surface area (Å²) < 4.78 is 5.41. The van der Waals surface area contributed by atoms with Crippen LogP contribution in [0, 0.1) is 0 Å². The van der Waals surface area contributed by atoms with Gasteiger partial charge in [-0.2, -0.15) is 0 Å². The van der Waals surface area contributed by atoms with Gasteiger partial charge in [0.15, 0.2) is 0 Å². The van der Waals surface area contributed by atoms with Gasteiger partial charge >= 0.3 is 0 Å². The smallest absolute Gasteiger partial charge is 0.224 e. The molecular formula is C22H27N3O3. The molecule has 0 atom stereocenters. The minimum absolute atomic E-state index is 0.0200. The number of ether oxygens (including phenoxy) is 1. The molecule has 6 nitrogen and oxygen atoms in total. The minimum Gasteiger partial charge on any atom is -0.379 e. The van der Waals surface area contributed by atoms with Gasteiger partial charge in [-0.15, -0.1) is 0 Å². The molecular weight excluding hydrogens is 354 g/mol. The lowest BCUT2D eigenvalue weighted by Crippen LogP contribution is -2.36. The van der Waals surface area contributed by atoms with Crippen molar-refractivity contribution in [1.82, 2.24) is 10.2 Å². The average Bonchev–Trinajstić information content (AvgIpc) is 2.69. The lowest BCUT2D eigenvalue weighted by molar-refractivity contribution is -0.120. The summed E-state index contributed by atoms with van der Waals surface area (Å²) in [6, 6.07) is 15.6. The Balaban J connectivity index is 1.52. The Morgan fingerprint density at radius 3 is 2.36 bits per heavy atom. The first kappa shape index (κ1) is 20.0. The van der Waals surface area contributed by atoms with Crippen molar-refractivity contribution in [2.24, 2.45) is 0 Å². The monoisotopic (exact) mass is 381 g/mol. The third kappa shape index (κ3) is 6.18. The van der Waals surface area contributed by atoms with Crippen LogP contribution in [0.4, 0.5) is 5.69 Å². The Labute approximate surface area is 165 Å². The lowest BCUT2D eigenvalue weighted by Gasteiger charge is -2.27. The van der Waals surface area contributed by atoms with E-state index in [9.17, 15) is 9.59 Å². The number of hydrogen-bond donors (Lipinski definition) is 2. The predicted octanol–water partition coefficient (Wildman–Crippen LogP) is 2.34. The zero-order valence-electron chi connectivity index (χ0n) is 16.2. The molecule has 148 valence electrons. The molecule has 2 N–H and O–H groups in total. The molecule has 1 aliphatic heterocycles. The Kier molecular flexibility index (Phi) is 7.17. The van der Waals surface area contributed by atoms with Crippen molar-refractivity contribution in [2.45, 2.75) is 26.4 Å². The first-order valence-electron chi connectivity index (χ1n) is 9.60. The number of benzene rings is 2. The van der Waals surface area contributed by atoms with Crippen molar-refractivity contribution >= 4 is 17.5 Å². The molecule has 1 aliphatic rings.